The molecule has 0 radical (unpaired) electrons. The van der Waals surface area contributed by atoms with Crippen LogP contribution in [-0.2, 0) is 4.79 Å². The highest BCUT2D eigenvalue weighted by Crippen LogP contribution is 2.04. The minimum Gasteiger partial charge on any atom is -0.325 e. The Hall–Kier alpha value is -1.35. The van der Waals surface area contributed by atoms with E-state index in [4.69, 9.17) is 0 Å². The Morgan fingerprint density at radius 3 is 2.59 bits per heavy atom. The highest BCUT2D eigenvalue weighted by Gasteiger charge is 2.00. The summed E-state index contributed by atoms with van der Waals surface area (Å²) in [5.74, 6) is 0.746. The molecule has 0 fully saturated rings. The molecule has 0 heterocycles. The zero-order valence-corrected chi connectivity index (χ0v) is 10.7. The van der Waals surface area contributed by atoms with Gasteiger partial charge in [-0.15, -0.1) is 0 Å². The van der Waals surface area contributed by atoms with Crippen LogP contribution in [0.1, 0.15) is 26.7 Å². The maximum Gasteiger partial charge on any atom is 0.238 e. The number of anilines is 1. The molecule has 1 rings (SSSR count). The molecular formula is C14H22N2O. The number of amides is 1. The summed E-state index contributed by atoms with van der Waals surface area (Å²) in [5, 5.41) is 5.99. The van der Waals surface area contributed by atoms with Gasteiger partial charge in [-0.05, 0) is 37.4 Å². The number of nitrogens with one attached hydrogen (secondary N) is 2. The first-order valence-electron chi connectivity index (χ1n) is 6.24. The molecule has 94 valence electrons. The van der Waals surface area contributed by atoms with Gasteiger partial charge in [0, 0.05) is 5.69 Å². The van der Waals surface area contributed by atoms with Crippen molar-refractivity contribution in [1.82, 2.24) is 5.32 Å². The predicted molar refractivity (Wildman–Crippen MR) is 72.0 cm³/mol. The maximum atomic E-state index is 11.5. The number of carbonyl (C=O) groups excluding carboxylic acids is 1. The van der Waals surface area contributed by atoms with Crippen molar-refractivity contribution in [3.63, 3.8) is 0 Å². The van der Waals surface area contributed by atoms with Gasteiger partial charge in [0.2, 0.25) is 5.91 Å². The van der Waals surface area contributed by atoms with Crippen LogP contribution in [0.2, 0.25) is 0 Å². The minimum atomic E-state index is 0.0146. The summed E-state index contributed by atoms with van der Waals surface area (Å²) >= 11 is 0. The second kappa shape index (κ2) is 7.85. The molecule has 3 nitrogen and oxygen atoms in total. The summed E-state index contributed by atoms with van der Waals surface area (Å²) in [4.78, 5) is 11.5. The summed E-state index contributed by atoms with van der Waals surface area (Å²) in [7, 11) is 0. The van der Waals surface area contributed by atoms with Crippen LogP contribution < -0.4 is 10.6 Å². The van der Waals surface area contributed by atoms with Gasteiger partial charge in [-0.2, -0.15) is 0 Å². The Labute approximate surface area is 104 Å². The quantitative estimate of drug-likeness (QED) is 0.712. The molecule has 0 saturated carbocycles. The Morgan fingerprint density at radius 1 is 1.24 bits per heavy atom. The van der Waals surface area contributed by atoms with E-state index in [9.17, 15) is 4.79 Å². The third-order valence-electron chi connectivity index (χ3n) is 2.48. The summed E-state index contributed by atoms with van der Waals surface area (Å²) < 4.78 is 0. The van der Waals surface area contributed by atoms with Gasteiger partial charge < -0.3 is 10.6 Å². The van der Waals surface area contributed by atoms with Gasteiger partial charge in [0.15, 0.2) is 0 Å². The number of rotatable bonds is 7. The summed E-state index contributed by atoms with van der Waals surface area (Å²) in [6.07, 6.45) is 2.32. The SMILES string of the molecule is CC(C)CCCNCC(=O)Nc1ccccc1. The largest absolute Gasteiger partial charge is 0.325 e. The van der Waals surface area contributed by atoms with Gasteiger partial charge >= 0.3 is 0 Å². The van der Waals surface area contributed by atoms with Crippen molar-refractivity contribution in [3.05, 3.63) is 30.3 Å². The molecule has 2 N–H and O–H groups in total. The van der Waals surface area contributed by atoms with Crippen LogP contribution in [0.25, 0.3) is 0 Å². The molecular weight excluding hydrogens is 212 g/mol. The minimum absolute atomic E-state index is 0.0146. The number of benzene rings is 1. The number of para-hydroxylation sites is 1. The fourth-order valence-electron chi connectivity index (χ4n) is 1.56. The molecule has 1 amide bonds. The lowest BCUT2D eigenvalue weighted by Crippen LogP contribution is -2.28. The van der Waals surface area contributed by atoms with Gasteiger partial charge in [0.25, 0.3) is 0 Å². The van der Waals surface area contributed by atoms with E-state index in [1.165, 1.54) is 6.42 Å². The number of hydrogen-bond donors (Lipinski definition) is 2. The maximum absolute atomic E-state index is 11.5. The third kappa shape index (κ3) is 6.74. The van der Waals surface area contributed by atoms with Crippen LogP contribution in [0, 0.1) is 5.92 Å². The van der Waals surface area contributed by atoms with E-state index in [1.807, 2.05) is 30.3 Å². The van der Waals surface area contributed by atoms with Crippen LogP contribution in [-0.4, -0.2) is 19.0 Å². The highest BCUT2D eigenvalue weighted by atomic mass is 16.1. The molecule has 0 saturated heterocycles. The van der Waals surface area contributed by atoms with E-state index in [0.29, 0.717) is 6.54 Å². The second-order valence-corrected chi connectivity index (χ2v) is 4.63. The van der Waals surface area contributed by atoms with Crippen molar-refractivity contribution in [3.8, 4) is 0 Å². The first kappa shape index (κ1) is 13.7. The fraction of sp³-hybridized carbons (Fsp3) is 0.500. The molecule has 0 atom stereocenters. The third-order valence-corrected chi connectivity index (χ3v) is 2.48. The smallest absolute Gasteiger partial charge is 0.238 e. The highest BCUT2D eigenvalue weighted by molar-refractivity contribution is 5.92. The van der Waals surface area contributed by atoms with Crippen molar-refractivity contribution >= 4 is 11.6 Å². The Morgan fingerprint density at radius 2 is 1.94 bits per heavy atom. The zero-order valence-electron chi connectivity index (χ0n) is 10.7. The van der Waals surface area contributed by atoms with Gasteiger partial charge in [0.1, 0.15) is 0 Å². The van der Waals surface area contributed by atoms with E-state index in [2.05, 4.69) is 24.5 Å². The normalized spacial score (nSPS) is 10.5. The average Bonchev–Trinajstić information content (AvgIpc) is 2.29. The lowest BCUT2D eigenvalue weighted by Gasteiger charge is -2.07. The Kier molecular flexibility index (Phi) is 6.33. The first-order chi connectivity index (χ1) is 8.18. The Balaban J connectivity index is 2.10. The number of carbonyl (C=O) groups is 1. The topological polar surface area (TPSA) is 41.1 Å². The summed E-state index contributed by atoms with van der Waals surface area (Å²) in [6, 6.07) is 9.52. The molecule has 17 heavy (non-hydrogen) atoms. The predicted octanol–water partition coefficient (Wildman–Crippen LogP) is 2.65. The van der Waals surface area contributed by atoms with E-state index in [1.54, 1.807) is 0 Å². The second-order valence-electron chi connectivity index (χ2n) is 4.63. The molecule has 1 aromatic carbocycles. The molecule has 0 spiro atoms. The first-order valence-corrected chi connectivity index (χ1v) is 6.24. The van der Waals surface area contributed by atoms with E-state index in [-0.39, 0.29) is 5.91 Å². The van der Waals surface area contributed by atoms with Crippen LogP contribution in [0.5, 0.6) is 0 Å². The zero-order chi connectivity index (χ0) is 12.5. The standard InChI is InChI=1S/C14H22N2O/c1-12(2)7-6-10-15-11-14(17)16-13-8-4-3-5-9-13/h3-5,8-9,12,15H,6-7,10-11H2,1-2H3,(H,16,17). The van der Waals surface area contributed by atoms with Crippen molar-refractivity contribution in [2.24, 2.45) is 5.92 Å². The summed E-state index contributed by atoms with van der Waals surface area (Å²) in [6.45, 7) is 5.71. The van der Waals surface area contributed by atoms with Gasteiger partial charge in [-0.25, -0.2) is 0 Å². The van der Waals surface area contributed by atoms with Gasteiger partial charge in [-0.3, -0.25) is 4.79 Å². The van der Waals surface area contributed by atoms with Crippen LogP contribution in [0.4, 0.5) is 5.69 Å². The molecule has 1 aromatic rings. The van der Waals surface area contributed by atoms with Crippen molar-refractivity contribution < 1.29 is 4.79 Å². The molecule has 0 bridgehead atoms. The van der Waals surface area contributed by atoms with E-state index >= 15 is 0 Å². The van der Waals surface area contributed by atoms with Crippen molar-refractivity contribution in [2.75, 3.05) is 18.4 Å². The Bertz CT molecular complexity index is 322. The van der Waals surface area contributed by atoms with Crippen molar-refractivity contribution in [1.29, 1.82) is 0 Å². The fourth-order valence-corrected chi connectivity index (χ4v) is 1.56. The van der Waals surface area contributed by atoms with Crippen molar-refractivity contribution in [2.45, 2.75) is 26.7 Å². The molecule has 0 unspecified atom stereocenters. The van der Waals surface area contributed by atoms with Gasteiger partial charge in [0.05, 0.1) is 6.54 Å². The summed E-state index contributed by atoms with van der Waals surface area (Å²) in [5.41, 5.74) is 0.849. The molecule has 0 aromatic heterocycles. The molecule has 0 aliphatic heterocycles. The van der Waals surface area contributed by atoms with E-state index < -0.39 is 0 Å². The monoisotopic (exact) mass is 234 g/mol. The van der Waals surface area contributed by atoms with Crippen LogP contribution in [0.3, 0.4) is 0 Å². The lowest BCUT2D eigenvalue weighted by molar-refractivity contribution is -0.115. The lowest BCUT2D eigenvalue weighted by atomic mass is 10.1. The van der Waals surface area contributed by atoms with Crippen LogP contribution >= 0.6 is 0 Å². The van der Waals surface area contributed by atoms with Gasteiger partial charge in [-0.1, -0.05) is 32.0 Å². The molecule has 0 aliphatic rings. The number of hydrogen-bond acceptors (Lipinski definition) is 2. The molecule has 0 aliphatic carbocycles. The molecule has 3 heteroatoms. The van der Waals surface area contributed by atoms with E-state index in [0.717, 1.165) is 24.6 Å². The van der Waals surface area contributed by atoms with Crippen LogP contribution in [0.15, 0.2) is 30.3 Å². The average molecular weight is 234 g/mol.